The van der Waals surface area contributed by atoms with Crippen LogP contribution in [0.4, 0.5) is 14.5 Å². The number of carbonyl (C=O) groups is 1. The summed E-state index contributed by atoms with van der Waals surface area (Å²) in [6.07, 6.45) is 0.188. The van der Waals surface area contributed by atoms with Crippen LogP contribution in [0.25, 0.3) is 0 Å². The van der Waals surface area contributed by atoms with Crippen LogP contribution in [-0.4, -0.2) is 5.91 Å². The molecule has 0 atom stereocenters. The van der Waals surface area contributed by atoms with E-state index >= 15 is 0 Å². The van der Waals surface area contributed by atoms with Gasteiger partial charge in [-0.25, -0.2) is 8.78 Å². The Balaban J connectivity index is 2.93. The SMILES string of the molecule is CCC(=O)Nc1c(F)cccc1F. The van der Waals surface area contributed by atoms with Gasteiger partial charge >= 0.3 is 0 Å². The Hall–Kier alpha value is -1.45. The summed E-state index contributed by atoms with van der Waals surface area (Å²) in [4.78, 5) is 10.8. The Morgan fingerprint density at radius 3 is 2.38 bits per heavy atom. The van der Waals surface area contributed by atoms with Crippen molar-refractivity contribution >= 4 is 11.6 Å². The largest absolute Gasteiger partial charge is 0.321 e. The molecular weight excluding hydrogens is 176 g/mol. The first-order valence-corrected chi connectivity index (χ1v) is 3.89. The molecule has 4 heteroatoms. The van der Waals surface area contributed by atoms with Gasteiger partial charge in [-0.15, -0.1) is 0 Å². The van der Waals surface area contributed by atoms with Crippen molar-refractivity contribution in [3.8, 4) is 0 Å². The van der Waals surface area contributed by atoms with E-state index in [1.807, 2.05) is 0 Å². The fourth-order valence-corrected chi connectivity index (χ4v) is 0.845. The first-order chi connectivity index (χ1) is 6.15. The molecule has 70 valence electrons. The van der Waals surface area contributed by atoms with Crippen LogP contribution in [0.5, 0.6) is 0 Å². The van der Waals surface area contributed by atoms with Gasteiger partial charge in [0.15, 0.2) is 0 Å². The van der Waals surface area contributed by atoms with E-state index in [4.69, 9.17) is 0 Å². The van der Waals surface area contributed by atoms with Crippen molar-refractivity contribution in [1.29, 1.82) is 0 Å². The van der Waals surface area contributed by atoms with Crippen LogP contribution in [0.2, 0.25) is 0 Å². The lowest BCUT2D eigenvalue weighted by molar-refractivity contribution is -0.115. The van der Waals surface area contributed by atoms with Crippen LogP contribution >= 0.6 is 0 Å². The lowest BCUT2D eigenvalue weighted by atomic mass is 10.3. The Morgan fingerprint density at radius 2 is 1.92 bits per heavy atom. The highest BCUT2D eigenvalue weighted by Gasteiger charge is 2.09. The van der Waals surface area contributed by atoms with Crippen molar-refractivity contribution in [3.63, 3.8) is 0 Å². The van der Waals surface area contributed by atoms with E-state index in [2.05, 4.69) is 5.32 Å². The number of para-hydroxylation sites is 1. The van der Waals surface area contributed by atoms with Gasteiger partial charge in [0.2, 0.25) is 5.91 Å². The normalized spacial score (nSPS) is 9.77. The third-order valence-corrected chi connectivity index (χ3v) is 1.55. The number of hydrogen-bond donors (Lipinski definition) is 1. The second-order valence-corrected chi connectivity index (χ2v) is 2.50. The van der Waals surface area contributed by atoms with Crippen molar-refractivity contribution in [1.82, 2.24) is 0 Å². The number of rotatable bonds is 2. The van der Waals surface area contributed by atoms with Crippen LogP contribution in [0.1, 0.15) is 13.3 Å². The molecule has 0 unspecified atom stereocenters. The molecular formula is C9H9F2NO. The maximum absolute atomic E-state index is 12.9. The van der Waals surface area contributed by atoms with E-state index in [-0.39, 0.29) is 12.1 Å². The van der Waals surface area contributed by atoms with Gasteiger partial charge in [-0.3, -0.25) is 4.79 Å². The van der Waals surface area contributed by atoms with Crippen molar-refractivity contribution in [2.45, 2.75) is 13.3 Å². The van der Waals surface area contributed by atoms with Gasteiger partial charge < -0.3 is 5.32 Å². The average Bonchev–Trinajstić information content (AvgIpc) is 2.11. The van der Waals surface area contributed by atoms with Gasteiger partial charge in [-0.1, -0.05) is 13.0 Å². The van der Waals surface area contributed by atoms with Gasteiger partial charge in [0.1, 0.15) is 17.3 Å². The highest BCUT2D eigenvalue weighted by Crippen LogP contribution is 2.17. The number of halogens is 2. The lowest BCUT2D eigenvalue weighted by Crippen LogP contribution is -2.12. The van der Waals surface area contributed by atoms with Crippen LogP contribution in [0, 0.1) is 11.6 Å². The lowest BCUT2D eigenvalue weighted by Gasteiger charge is -2.05. The quantitative estimate of drug-likeness (QED) is 0.752. The predicted octanol–water partition coefficient (Wildman–Crippen LogP) is 2.31. The molecule has 13 heavy (non-hydrogen) atoms. The molecule has 2 nitrogen and oxygen atoms in total. The molecule has 0 fully saturated rings. The molecule has 0 spiro atoms. The maximum atomic E-state index is 12.9. The van der Waals surface area contributed by atoms with Crippen molar-refractivity contribution < 1.29 is 13.6 Å². The Labute approximate surface area is 74.6 Å². The minimum Gasteiger partial charge on any atom is -0.321 e. The first kappa shape index (κ1) is 9.64. The Morgan fingerprint density at radius 1 is 1.38 bits per heavy atom. The molecule has 0 heterocycles. The molecule has 0 bridgehead atoms. The summed E-state index contributed by atoms with van der Waals surface area (Å²) in [5, 5.41) is 2.14. The number of carbonyl (C=O) groups excluding carboxylic acids is 1. The average molecular weight is 185 g/mol. The van der Waals surface area contributed by atoms with Crippen LogP contribution in [-0.2, 0) is 4.79 Å². The summed E-state index contributed by atoms with van der Waals surface area (Å²) in [6.45, 7) is 1.61. The highest BCUT2D eigenvalue weighted by molar-refractivity contribution is 5.90. The van der Waals surface area contributed by atoms with Gasteiger partial charge in [0.25, 0.3) is 0 Å². The smallest absolute Gasteiger partial charge is 0.224 e. The monoisotopic (exact) mass is 185 g/mol. The highest BCUT2D eigenvalue weighted by atomic mass is 19.1. The van der Waals surface area contributed by atoms with Gasteiger partial charge in [-0.2, -0.15) is 0 Å². The van der Waals surface area contributed by atoms with Crippen molar-refractivity contribution in [2.75, 3.05) is 5.32 Å². The van der Waals surface area contributed by atoms with Gasteiger partial charge in [0, 0.05) is 6.42 Å². The van der Waals surface area contributed by atoms with Gasteiger partial charge in [0.05, 0.1) is 0 Å². The molecule has 0 aliphatic rings. The number of anilines is 1. The fraction of sp³-hybridized carbons (Fsp3) is 0.222. The molecule has 0 radical (unpaired) electrons. The molecule has 1 N–H and O–H groups in total. The third kappa shape index (κ3) is 2.24. The molecule has 1 rings (SSSR count). The zero-order valence-electron chi connectivity index (χ0n) is 7.10. The van der Waals surface area contributed by atoms with Crippen LogP contribution < -0.4 is 5.32 Å². The van der Waals surface area contributed by atoms with E-state index in [0.717, 1.165) is 12.1 Å². The second-order valence-electron chi connectivity index (χ2n) is 2.50. The predicted molar refractivity (Wildman–Crippen MR) is 45.3 cm³/mol. The molecule has 0 aliphatic heterocycles. The standard InChI is InChI=1S/C9H9F2NO/c1-2-8(13)12-9-6(10)4-3-5-7(9)11/h3-5H,2H2,1H3,(H,12,13). The molecule has 1 aromatic carbocycles. The Kier molecular flexibility index (Phi) is 2.95. The zero-order valence-corrected chi connectivity index (χ0v) is 7.10. The van der Waals surface area contributed by atoms with E-state index in [9.17, 15) is 13.6 Å². The van der Waals surface area contributed by atoms with Crippen LogP contribution in [0.15, 0.2) is 18.2 Å². The summed E-state index contributed by atoms with van der Waals surface area (Å²) in [5.41, 5.74) is -0.380. The summed E-state index contributed by atoms with van der Waals surface area (Å²) in [5.74, 6) is -1.94. The maximum Gasteiger partial charge on any atom is 0.224 e. The van der Waals surface area contributed by atoms with E-state index < -0.39 is 17.5 Å². The number of nitrogens with one attached hydrogen (secondary N) is 1. The summed E-state index contributed by atoms with van der Waals surface area (Å²) < 4.78 is 25.8. The summed E-state index contributed by atoms with van der Waals surface area (Å²) >= 11 is 0. The molecule has 0 aliphatic carbocycles. The Bertz CT molecular complexity index is 305. The molecule has 1 amide bonds. The number of amides is 1. The van der Waals surface area contributed by atoms with Crippen molar-refractivity contribution in [2.24, 2.45) is 0 Å². The summed E-state index contributed by atoms with van der Waals surface area (Å²) in [7, 11) is 0. The minimum atomic E-state index is -0.762. The molecule has 0 saturated carbocycles. The van der Waals surface area contributed by atoms with E-state index in [1.165, 1.54) is 6.07 Å². The van der Waals surface area contributed by atoms with Crippen molar-refractivity contribution in [3.05, 3.63) is 29.8 Å². The summed E-state index contributed by atoms with van der Waals surface area (Å²) in [6, 6.07) is 3.43. The molecule has 1 aromatic rings. The zero-order chi connectivity index (χ0) is 9.84. The fourth-order valence-electron chi connectivity index (χ4n) is 0.845. The third-order valence-electron chi connectivity index (χ3n) is 1.55. The van der Waals surface area contributed by atoms with E-state index in [1.54, 1.807) is 6.92 Å². The molecule has 0 aromatic heterocycles. The van der Waals surface area contributed by atoms with Crippen LogP contribution in [0.3, 0.4) is 0 Å². The van der Waals surface area contributed by atoms with Gasteiger partial charge in [-0.05, 0) is 12.1 Å². The molecule has 0 saturated heterocycles. The van der Waals surface area contributed by atoms with E-state index in [0.29, 0.717) is 0 Å². The topological polar surface area (TPSA) is 29.1 Å². The second kappa shape index (κ2) is 3.98. The minimum absolute atomic E-state index is 0.188. The number of hydrogen-bond acceptors (Lipinski definition) is 1. The number of benzene rings is 1. The first-order valence-electron chi connectivity index (χ1n) is 3.89.